The van der Waals surface area contributed by atoms with Crippen molar-refractivity contribution in [2.75, 3.05) is 11.1 Å². The Kier molecular flexibility index (Phi) is 3.73. The van der Waals surface area contributed by atoms with Gasteiger partial charge < -0.3 is 5.32 Å². The van der Waals surface area contributed by atoms with Crippen LogP contribution in [0.5, 0.6) is 0 Å². The van der Waals surface area contributed by atoms with E-state index in [1.807, 2.05) is 12.1 Å². The van der Waals surface area contributed by atoms with Gasteiger partial charge in [0.1, 0.15) is 0 Å². The lowest BCUT2D eigenvalue weighted by molar-refractivity contribution is 0.617. The molecular weight excluding hydrogens is 256 g/mol. The molecular formula is C14H18N4S. The number of benzene rings is 1. The van der Waals surface area contributed by atoms with E-state index in [0.29, 0.717) is 11.3 Å². The molecule has 100 valence electrons. The SMILES string of the molecule is CC1SCCCC1Nc1ccc(-n2nccn2)cc1. The Bertz CT molecular complexity index is 509. The van der Waals surface area contributed by atoms with Gasteiger partial charge in [0.25, 0.3) is 0 Å². The second-order valence-corrected chi connectivity index (χ2v) is 6.32. The van der Waals surface area contributed by atoms with Crippen LogP contribution in [-0.2, 0) is 0 Å². The Morgan fingerprint density at radius 1 is 1.21 bits per heavy atom. The van der Waals surface area contributed by atoms with Crippen molar-refractivity contribution in [3.63, 3.8) is 0 Å². The highest BCUT2D eigenvalue weighted by Gasteiger charge is 2.21. The average Bonchev–Trinajstić information content (AvgIpc) is 2.96. The highest BCUT2D eigenvalue weighted by Crippen LogP contribution is 2.27. The van der Waals surface area contributed by atoms with Gasteiger partial charge >= 0.3 is 0 Å². The third-order valence-corrected chi connectivity index (χ3v) is 4.85. The van der Waals surface area contributed by atoms with Crippen LogP contribution in [0.3, 0.4) is 0 Å². The maximum Gasteiger partial charge on any atom is 0.0858 e. The molecule has 0 saturated carbocycles. The van der Waals surface area contributed by atoms with E-state index in [2.05, 4.69) is 46.3 Å². The normalized spacial score (nSPS) is 23.2. The second kappa shape index (κ2) is 5.65. The zero-order valence-electron chi connectivity index (χ0n) is 11.0. The Morgan fingerprint density at radius 2 is 1.95 bits per heavy atom. The summed E-state index contributed by atoms with van der Waals surface area (Å²) in [4.78, 5) is 1.63. The van der Waals surface area contributed by atoms with E-state index >= 15 is 0 Å². The fourth-order valence-corrected chi connectivity index (χ4v) is 3.51. The van der Waals surface area contributed by atoms with Crippen LogP contribution in [0.1, 0.15) is 19.8 Å². The summed E-state index contributed by atoms with van der Waals surface area (Å²) in [5, 5.41) is 12.6. The standard InChI is InChI=1S/C14H18N4S/c1-11-14(3-2-10-19-11)17-12-4-6-13(7-5-12)18-15-8-9-16-18/h4-9,11,14,17H,2-3,10H2,1H3. The van der Waals surface area contributed by atoms with Gasteiger partial charge in [0.15, 0.2) is 0 Å². The van der Waals surface area contributed by atoms with E-state index in [9.17, 15) is 0 Å². The molecule has 0 spiro atoms. The number of rotatable bonds is 3. The van der Waals surface area contributed by atoms with Crippen molar-refractivity contribution in [2.45, 2.75) is 31.1 Å². The molecule has 1 saturated heterocycles. The number of thioether (sulfide) groups is 1. The summed E-state index contributed by atoms with van der Waals surface area (Å²) in [7, 11) is 0. The Morgan fingerprint density at radius 3 is 2.63 bits per heavy atom. The Balaban J connectivity index is 1.69. The molecule has 1 aromatic carbocycles. The largest absolute Gasteiger partial charge is 0.381 e. The first-order chi connectivity index (χ1) is 9.33. The van der Waals surface area contributed by atoms with E-state index in [-0.39, 0.29) is 0 Å². The Labute approximate surface area is 117 Å². The molecule has 2 unspecified atom stereocenters. The quantitative estimate of drug-likeness (QED) is 0.934. The zero-order valence-corrected chi connectivity index (χ0v) is 11.8. The van der Waals surface area contributed by atoms with Crippen LogP contribution in [0.25, 0.3) is 5.69 Å². The van der Waals surface area contributed by atoms with Crippen molar-refractivity contribution in [2.24, 2.45) is 0 Å². The average molecular weight is 274 g/mol. The van der Waals surface area contributed by atoms with Gasteiger partial charge in [0.05, 0.1) is 18.1 Å². The van der Waals surface area contributed by atoms with E-state index < -0.39 is 0 Å². The van der Waals surface area contributed by atoms with Gasteiger partial charge in [-0.3, -0.25) is 0 Å². The summed E-state index contributed by atoms with van der Waals surface area (Å²) in [6, 6.07) is 8.87. The summed E-state index contributed by atoms with van der Waals surface area (Å²) >= 11 is 2.06. The van der Waals surface area contributed by atoms with Crippen LogP contribution >= 0.6 is 11.8 Å². The van der Waals surface area contributed by atoms with Gasteiger partial charge in [0, 0.05) is 17.0 Å². The molecule has 1 aliphatic rings. The molecule has 4 nitrogen and oxygen atoms in total. The predicted octanol–water partition coefficient (Wildman–Crippen LogP) is 2.96. The predicted molar refractivity (Wildman–Crippen MR) is 79.9 cm³/mol. The third-order valence-electron chi connectivity index (χ3n) is 3.48. The van der Waals surface area contributed by atoms with Crippen molar-refractivity contribution in [1.29, 1.82) is 0 Å². The molecule has 5 heteroatoms. The molecule has 2 atom stereocenters. The number of nitrogens with one attached hydrogen (secondary N) is 1. The number of hydrogen-bond acceptors (Lipinski definition) is 4. The molecule has 2 aromatic rings. The van der Waals surface area contributed by atoms with Crippen molar-refractivity contribution in [1.82, 2.24) is 15.0 Å². The van der Waals surface area contributed by atoms with Crippen molar-refractivity contribution in [3.05, 3.63) is 36.7 Å². The molecule has 3 rings (SSSR count). The first-order valence-electron chi connectivity index (χ1n) is 6.68. The molecule has 0 bridgehead atoms. The molecule has 1 fully saturated rings. The molecule has 1 N–H and O–H groups in total. The Hall–Kier alpha value is -1.49. The van der Waals surface area contributed by atoms with Gasteiger partial charge in [-0.15, -0.1) is 0 Å². The fourth-order valence-electron chi connectivity index (χ4n) is 2.37. The van der Waals surface area contributed by atoms with Crippen LogP contribution < -0.4 is 5.32 Å². The van der Waals surface area contributed by atoms with Gasteiger partial charge in [-0.2, -0.15) is 26.8 Å². The molecule has 19 heavy (non-hydrogen) atoms. The summed E-state index contributed by atoms with van der Waals surface area (Å²) in [5.41, 5.74) is 2.16. The van der Waals surface area contributed by atoms with Crippen LogP contribution in [0.15, 0.2) is 36.7 Å². The smallest absolute Gasteiger partial charge is 0.0858 e. The lowest BCUT2D eigenvalue weighted by Crippen LogP contribution is -2.32. The van der Waals surface area contributed by atoms with Gasteiger partial charge in [-0.05, 0) is 42.9 Å². The maximum absolute atomic E-state index is 4.13. The van der Waals surface area contributed by atoms with Gasteiger partial charge in [0.2, 0.25) is 0 Å². The minimum atomic E-state index is 0.576. The molecule has 1 aromatic heterocycles. The summed E-state index contributed by atoms with van der Waals surface area (Å²) in [5.74, 6) is 1.29. The molecule has 1 aliphatic heterocycles. The first kappa shape index (κ1) is 12.5. The zero-order chi connectivity index (χ0) is 13.1. The number of nitrogens with zero attached hydrogens (tertiary/aromatic N) is 3. The van der Waals surface area contributed by atoms with E-state index in [4.69, 9.17) is 0 Å². The van der Waals surface area contributed by atoms with Crippen molar-refractivity contribution >= 4 is 17.4 Å². The lowest BCUT2D eigenvalue weighted by atomic mass is 10.1. The van der Waals surface area contributed by atoms with Crippen LogP contribution in [0, 0.1) is 0 Å². The topological polar surface area (TPSA) is 42.7 Å². The van der Waals surface area contributed by atoms with Crippen LogP contribution in [0.2, 0.25) is 0 Å². The van der Waals surface area contributed by atoms with Gasteiger partial charge in [-0.1, -0.05) is 6.92 Å². The number of hydrogen-bond donors (Lipinski definition) is 1. The molecule has 0 amide bonds. The van der Waals surface area contributed by atoms with Crippen molar-refractivity contribution < 1.29 is 0 Å². The minimum Gasteiger partial charge on any atom is -0.381 e. The van der Waals surface area contributed by atoms with Crippen LogP contribution in [-0.4, -0.2) is 32.0 Å². The maximum atomic E-state index is 4.13. The molecule has 0 radical (unpaired) electrons. The minimum absolute atomic E-state index is 0.576. The second-order valence-electron chi connectivity index (χ2n) is 4.83. The first-order valence-corrected chi connectivity index (χ1v) is 7.73. The lowest BCUT2D eigenvalue weighted by Gasteiger charge is -2.30. The summed E-state index contributed by atoms with van der Waals surface area (Å²) < 4.78 is 0. The van der Waals surface area contributed by atoms with E-state index in [1.54, 1.807) is 17.2 Å². The summed E-state index contributed by atoms with van der Waals surface area (Å²) in [6.45, 7) is 2.31. The van der Waals surface area contributed by atoms with Gasteiger partial charge in [-0.25, -0.2) is 0 Å². The summed E-state index contributed by atoms with van der Waals surface area (Å²) in [6.07, 6.45) is 5.94. The van der Waals surface area contributed by atoms with Crippen LogP contribution in [0.4, 0.5) is 5.69 Å². The molecule has 2 heterocycles. The number of anilines is 1. The van der Waals surface area contributed by atoms with E-state index in [0.717, 1.165) is 5.69 Å². The highest BCUT2D eigenvalue weighted by molar-refractivity contribution is 8.00. The monoisotopic (exact) mass is 274 g/mol. The fraction of sp³-hybridized carbons (Fsp3) is 0.429. The van der Waals surface area contributed by atoms with E-state index in [1.165, 1.54) is 24.3 Å². The third kappa shape index (κ3) is 2.92. The highest BCUT2D eigenvalue weighted by atomic mass is 32.2. The number of aromatic nitrogens is 3. The molecule has 0 aliphatic carbocycles. The van der Waals surface area contributed by atoms with Crippen molar-refractivity contribution in [3.8, 4) is 5.69 Å².